The van der Waals surface area contributed by atoms with Crippen molar-refractivity contribution in [2.24, 2.45) is 0 Å². The van der Waals surface area contributed by atoms with Crippen LogP contribution in [-0.4, -0.2) is 16.1 Å². The minimum Gasteiger partial charge on any atom is -0.481 e. The van der Waals surface area contributed by atoms with Gasteiger partial charge < -0.3 is 5.11 Å². The van der Waals surface area contributed by atoms with E-state index in [1.165, 1.54) is 6.07 Å². The number of aliphatic carboxylic acids is 1. The second-order valence-electron chi connectivity index (χ2n) is 2.67. The molecule has 0 aliphatic rings. The summed E-state index contributed by atoms with van der Waals surface area (Å²) in [4.78, 5) is 14.0. The number of carbonyl (C=O) groups is 1. The smallest absolute Gasteiger partial charge is 0.309 e. The van der Waals surface area contributed by atoms with Gasteiger partial charge in [0.25, 0.3) is 6.43 Å². The average Bonchev–Trinajstić information content (AvgIpc) is 2.09. The molecule has 0 aliphatic carbocycles. The van der Waals surface area contributed by atoms with Gasteiger partial charge in [-0.25, -0.2) is 8.78 Å². The fourth-order valence-electron chi connectivity index (χ4n) is 0.958. The number of carboxylic acid groups (broad SMARTS) is 1. The summed E-state index contributed by atoms with van der Waals surface area (Å²) in [7, 11) is 0. The zero-order chi connectivity index (χ0) is 11.6. The van der Waals surface area contributed by atoms with Crippen LogP contribution < -0.4 is 0 Å². The number of halogens is 4. The Morgan fingerprint density at radius 3 is 2.73 bits per heavy atom. The molecule has 82 valence electrons. The Balaban J connectivity index is 3.17. The van der Waals surface area contributed by atoms with Crippen LogP contribution in [0.1, 0.15) is 17.8 Å². The van der Waals surface area contributed by atoms with Crippen LogP contribution in [0.25, 0.3) is 0 Å². The van der Waals surface area contributed by atoms with E-state index in [9.17, 15) is 13.6 Å². The van der Waals surface area contributed by atoms with Crippen molar-refractivity contribution in [1.29, 1.82) is 0 Å². The monoisotopic (exact) mass is 391 g/mol. The Kier molecular flexibility index (Phi) is 4.38. The van der Waals surface area contributed by atoms with E-state index in [-0.39, 0.29) is 17.8 Å². The van der Waals surface area contributed by atoms with Gasteiger partial charge in [-0.3, -0.25) is 9.78 Å². The van der Waals surface area contributed by atoms with Crippen molar-refractivity contribution >= 4 is 44.5 Å². The van der Waals surface area contributed by atoms with E-state index in [4.69, 9.17) is 5.11 Å². The Morgan fingerprint density at radius 1 is 1.67 bits per heavy atom. The van der Waals surface area contributed by atoms with Crippen molar-refractivity contribution in [1.82, 2.24) is 4.98 Å². The van der Waals surface area contributed by atoms with Crippen molar-refractivity contribution in [2.45, 2.75) is 12.8 Å². The average molecular weight is 392 g/mol. The largest absolute Gasteiger partial charge is 0.481 e. The number of alkyl halides is 2. The second kappa shape index (κ2) is 5.15. The molecule has 0 saturated heterocycles. The molecular weight excluding hydrogens is 387 g/mol. The maximum Gasteiger partial charge on any atom is 0.309 e. The van der Waals surface area contributed by atoms with E-state index < -0.39 is 12.4 Å². The maximum absolute atomic E-state index is 12.5. The standard InChI is InChI=1S/C8H5BrF2INO2/c9-4-1-3(2-5(14)15)13-7(6(4)12)8(10)11/h1,8H,2H2,(H,14,15). The van der Waals surface area contributed by atoms with Crippen LogP contribution in [0.5, 0.6) is 0 Å². The lowest BCUT2D eigenvalue weighted by Crippen LogP contribution is -2.06. The zero-order valence-corrected chi connectivity index (χ0v) is 10.9. The van der Waals surface area contributed by atoms with Gasteiger partial charge in [-0.1, -0.05) is 0 Å². The summed E-state index contributed by atoms with van der Waals surface area (Å²) in [6.07, 6.45) is -3.07. The Morgan fingerprint density at radius 2 is 2.27 bits per heavy atom. The van der Waals surface area contributed by atoms with Crippen LogP contribution in [0.2, 0.25) is 0 Å². The van der Waals surface area contributed by atoms with Gasteiger partial charge in [0.1, 0.15) is 5.69 Å². The number of carboxylic acids is 1. The first kappa shape index (κ1) is 12.8. The van der Waals surface area contributed by atoms with Crippen LogP contribution in [0, 0.1) is 3.57 Å². The summed E-state index contributed by atoms with van der Waals surface area (Å²) in [5, 5.41) is 8.51. The molecule has 0 unspecified atom stereocenters. The predicted octanol–water partition coefficient (Wildman–Crippen LogP) is 3.01. The van der Waals surface area contributed by atoms with Crippen LogP contribution >= 0.6 is 38.5 Å². The molecule has 1 heterocycles. The first-order valence-electron chi connectivity index (χ1n) is 3.76. The van der Waals surface area contributed by atoms with E-state index in [0.29, 0.717) is 8.04 Å². The lowest BCUT2D eigenvalue weighted by molar-refractivity contribution is -0.136. The quantitative estimate of drug-likeness (QED) is 0.806. The SMILES string of the molecule is O=C(O)Cc1cc(Br)c(I)c(C(F)F)n1. The first-order chi connectivity index (χ1) is 6.91. The molecule has 15 heavy (non-hydrogen) atoms. The number of pyridine rings is 1. The third-order valence-corrected chi connectivity index (χ3v) is 4.03. The summed E-state index contributed by atoms with van der Waals surface area (Å²) in [6.45, 7) is 0. The molecule has 1 aromatic rings. The molecule has 7 heteroatoms. The van der Waals surface area contributed by atoms with Crippen LogP contribution in [0.15, 0.2) is 10.5 Å². The Hall–Kier alpha value is -0.310. The topological polar surface area (TPSA) is 50.2 Å². The molecule has 0 fully saturated rings. The minimum absolute atomic E-state index is 0.116. The molecule has 0 radical (unpaired) electrons. The summed E-state index contributed by atoms with van der Waals surface area (Å²) in [5.41, 5.74) is -0.272. The normalized spacial score (nSPS) is 10.7. The maximum atomic E-state index is 12.5. The van der Waals surface area contributed by atoms with Crippen molar-refractivity contribution in [3.8, 4) is 0 Å². The molecule has 0 aliphatic heterocycles. The number of hydrogen-bond acceptors (Lipinski definition) is 2. The lowest BCUT2D eigenvalue weighted by atomic mass is 10.2. The molecule has 1 rings (SSSR count). The van der Waals surface area contributed by atoms with E-state index in [2.05, 4.69) is 20.9 Å². The summed E-state index contributed by atoms with van der Waals surface area (Å²) < 4.78 is 25.7. The van der Waals surface area contributed by atoms with Crippen LogP contribution in [-0.2, 0) is 11.2 Å². The van der Waals surface area contributed by atoms with Crippen LogP contribution in [0.4, 0.5) is 8.78 Å². The van der Waals surface area contributed by atoms with E-state index in [0.717, 1.165) is 0 Å². The molecule has 3 nitrogen and oxygen atoms in total. The van der Waals surface area contributed by atoms with Gasteiger partial charge in [0.15, 0.2) is 0 Å². The predicted molar refractivity (Wildman–Crippen MR) is 61.0 cm³/mol. The molecule has 0 saturated carbocycles. The lowest BCUT2D eigenvalue weighted by Gasteiger charge is -2.07. The van der Waals surface area contributed by atoms with E-state index in [1.54, 1.807) is 22.6 Å². The first-order valence-corrected chi connectivity index (χ1v) is 5.63. The van der Waals surface area contributed by atoms with Crippen molar-refractivity contribution < 1.29 is 18.7 Å². The fraction of sp³-hybridized carbons (Fsp3) is 0.250. The number of aromatic nitrogens is 1. The third-order valence-electron chi connectivity index (χ3n) is 1.53. The van der Waals surface area contributed by atoms with Gasteiger partial charge in [-0.05, 0) is 44.6 Å². The summed E-state index contributed by atoms with van der Waals surface area (Å²) in [5.74, 6) is -1.10. The molecule has 0 amide bonds. The summed E-state index contributed by atoms with van der Waals surface area (Å²) in [6, 6.07) is 1.43. The van der Waals surface area contributed by atoms with E-state index >= 15 is 0 Å². The number of nitrogens with zero attached hydrogens (tertiary/aromatic N) is 1. The van der Waals surface area contributed by atoms with Gasteiger partial charge in [0, 0.05) is 4.47 Å². The molecule has 0 atom stereocenters. The zero-order valence-electron chi connectivity index (χ0n) is 7.18. The Bertz CT molecular complexity index is 400. The van der Waals surface area contributed by atoms with Crippen molar-refractivity contribution in [3.63, 3.8) is 0 Å². The molecule has 0 bridgehead atoms. The van der Waals surface area contributed by atoms with Gasteiger partial charge >= 0.3 is 5.97 Å². The van der Waals surface area contributed by atoms with Crippen molar-refractivity contribution in [2.75, 3.05) is 0 Å². The highest BCUT2D eigenvalue weighted by molar-refractivity contribution is 14.1. The molecule has 1 aromatic heterocycles. The molecular formula is C8H5BrF2INO2. The molecule has 0 aromatic carbocycles. The van der Waals surface area contributed by atoms with E-state index in [1.807, 2.05) is 0 Å². The van der Waals surface area contributed by atoms with Gasteiger partial charge in [0.05, 0.1) is 15.7 Å². The van der Waals surface area contributed by atoms with Gasteiger partial charge in [-0.15, -0.1) is 0 Å². The highest BCUT2D eigenvalue weighted by Gasteiger charge is 2.18. The van der Waals surface area contributed by atoms with Gasteiger partial charge in [-0.2, -0.15) is 0 Å². The minimum atomic E-state index is -2.71. The highest BCUT2D eigenvalue weighted by Crippen LogP contribution is 2.29. The highest BCUT2D eigenvalue weighted by atomic mass is 127. The second-order valence-corrected chi connectivity index (χ2v) is 4.60. The van der Waals surface area contributed by atoms with Gasteiger partial charge in [0.2, 0.25) is 0 Å². The summed E-state index contributed by atoms with van der Waals surface area (Å²) >= 11 is 4.82. The number of hydrogen-bond donors (Lipinski definition) is 1. The number of rotatable bonds is 3. The fourth-order valence-corrected chi connectivity index (χ4v) is 1.94. The molecule has 1 N–H and O–H groups in total. The van der Waals surface area contributed by atoms with Crippen molar-refractivity contribution in [3.05, 3.63) is 25.5 Å². The van der Waals surface area contributed by atoms with Crippen LogP contribution in [0.3, 0.4) is 0 Å². The molecule has 0 spiro atoms. The Labute approximate surface area is 106 Å². The third kappa shape index (κ3) is 3.33.